The van der Waals surface area contributed by atoms with E-state index in [1.54, 1.807) is 43.5 Å². The van der Waals surface area contributed by atoms with E-state index in [9.17, 15) is 9.59 Å². The molecule has 11 heteroatoms. The van der Waals surface area contributed by atoms with Crippen LogP contribution in [-0.2, 0) is 9.63 Å². The Balaban J connectivity index is 1.17. The number of carbonyl (C=O) groups excluding carboxylic acids is 2. The van der Waals surface area contributed by atoms with Gasteiger partial charge in [0.05, 0.1) is 24.6 Å². The predicted octanol–water partition coefficient (Wildman–Crippen LogP) is 4.12. The van der Waals surface area contributed by atoms with Gasteiger partial charge in [-0.25, -0.2) is 10.5 Å². The number of carbonyl (C=O) groups is 2. The summed E-state index contributed by atoms with van der Waals surface area (Å²) in [7, 11) is 5.52. The van der Waals surface area contributed by atoms with Crippen molar-refractivity contribution in [2.45, 2.75) is 76.5 Å². The van der Waals surface area contributed by atoms with E-state index in [-0.39, 0.29) is 29.5 Å². The van der Waals surface area contributed by atoms with Crippen molar-refractivity contribution in [3.8, 4) is 5.75 Å². The molecule has 2 N–H and O–H groups in total. The SMILES string of the molecule is CC[C@@H]1C(=O)N(C)c2cnc(Nc3ccc(C(=O)NO[C@@]4(C)C[C@H]5CN(C)C[C@H]5C4)cc3OC)nc2N1C1CCCC1. The second-order valence-electron chi connectivity index (χ2n) is 12.7. The summed E-state index contributed by atoms with van der Waals surface area (Å²) in [6.07, 6.45) is 8.73. The van der Waals surface area contributed by atoms with Crippen LogP contribution in [0.15, 0.2) is 24.4 Å². The number of anilines is 4. The summed E-state index contributed by atoms with van der Waals surface area (Å²) in [6, 6.07) is 5.25. The number of aromatic nitrogens is 2. The van der Waals surface area contributed by atoms with E-state index in [1.807, 2.05) is 0 Å². The van der Waals surface area contributed by atoms with Crippen LogP contribution in [0.3, 0.4) is 0 Å². The number of nitrogens with one attached hydrogen (secondary N) is 2. The minimum Gasteiger partial charge on any atom is -0.495 e. The Hall–Kier alpha value is -3.44. The molecule has 1 aromatic heterocycles. The molecule has 4 aliphatic rings. The van der Waals surface area contributed by atoms with Crippen LogP contribution in [0.1, 0.15) is 69.2 Å². The van der Waals surface area contributed by atoms with Gasteiger partial charge < -0.3 is 24.8 Å². The Morgan fingerprint density at radius 1 is 1.14 bits per heavy atom. The number of fused-ring (bicyclic) bond motifs is 2. The van der Waals surface area contributed by atoms with E-state index in [1.165, 1.54) is 0 Å². The van der Waals surface area contributed by atoms with Crippen LogP contribution in [0.2, 0.25) is 0 Å². The first-order valence-corrected chi connectivity index (χ1v) is 15.2. The fraction of sp³-hybridized carbons (Fsp3) is 0.613. The van der Waals surface area contributed by atoms with Gasteiger partial charge in [-0.3, -0.25) is 14.4 Å². The number of likely N-dealkylation sites (N-methyl/N-ethyl adjacent to an activating group) is 1. The molecule has 0 bridgehead atoms. The number of methoxy groups -OCH3 is 1. The maximum Gasteiger partial charge on any atom is 0.274 e. The first-order chi connectivity index (χ1) is 20.2. The fourth-order valence-corrected chi connectivity index (χ4v) is 7.64. The van der Waals surface area contributed by atoms with Crippen LogP contribution in [0, 0.1) is 11.8 Å². The largest absolute Gasteiger partial charge is 0.495 e. The van der Waals surface area contributed by atoms with Crippen molar-refractivity contribution < 1.29 is 19.2 Å². The van der Waals surface area contributed by atoms with Gasteiger partial charge in [0, 0.05) is 31.7 Å². The molecule has 0 unspecified atom stereocenters. The number of hydrogen-bond donors (Lipinski definition) is 2. The molecule has 11 nitrogen and oxygen atoms in total. The van der Waals surface area contributed by atoms with Crippen molar-refractivity contribution >= 4 is 35.0 Å². The normalized spacial score (nSPS) is 27.7. The quantitative estimate of drug-likeness (QED) is 0.448. The fourth-order valence-electron chi connectivity index (χ4n) is 7.64. The molecule has 0 radical (unpaired) electrons. The van der Waals surface area contributed by atoms with Crippen molar-refractivity contribution in [1.82, 2.24) is 20.3 Å². The van der Waals surface area contributed by atoms with E-state index in [2.05, 4.69) is 46.5 Å². The lowest BCUT2D eigenvalue weighted by atomic mass is 10.0. The summed E-state index contributed by atoms with van der Waals surface area (Å²) in [6.45, 7) is 6.31. The molecule has 4 atom stereocenters. The summed E-state index contributed by atoms with van der Waals surface area (Å²) in [5, 5.41) is 3.27. The van der Waals surface area contributed by atoms with E-state index in [4.69, 9.17) is 14.6 Å². The van der Waals surface area contributed by atoms with Crippen LogP contribution in [0.4, 0.5) is 23.1 Å². The highest BCUT2D eigenvalue weighted by Gasteiger charge is 2.47. The predicted molar refractivity (Wildman–Crippen MR) is 161 cm³/mol. The summed E-state index contributed by atoms with van der Waals surface area (Å²) < 4.78 is 5.64. The lowest BCUT2D eigenvalue weighted by Gasteiger charge is -2.43. The van der Waals surface area contributed by atoms with Crippen molar-refractivity contribution in [2.75, 3.05) is 49.4 Å². The first-order valence-electron chi connectivity index (χ1n) is 15.2. The summed E-state index contributed by atoms with van der Waals surface area (Å²) in [5.41, 5.74) is 4.12. The van der Waals surface area contributed by atoms with Crippen LogP contribution >= 0.6 is 0 Å². The van der Waals surface area contributed by atoms with Gasteiger partial charge in [0.15, 0.2) is 5.82 Å². The molecule has 3 heterocycles. The third-order valence-electron chi connectivity index (χ3n) is 9.66. The molecule has 2 amide bonds. The number of amides is 2. The Labute approximate surface area is 247 Å². The van der Waals surface area contributed by atoms with Gasteiger partial charge in [0.25, 0.3) is 5.91 Å². The molecule has 3 fully saturated rings. The zero-order chi connectivity index (χ0) is 29.6. The average Bonchev–Trinajstić information content (AvgIpc) is 3.69. The maximum atomic E-state index is 13.2. The van der Waals surface area contributed by atoms with Crippen molar-refractivity contribution in [2.24, 2.45) is 11.8 Å². The zero-order valence-corrected chi connectivity index (χ0v) is 25.4. The summed E-state index contributed by atoms with van der Waals surface area (Å²) in [5.74, 6) is 2.67. The monoisotopic (exact) mass is 577 g/mol. The van der Waals surface area contributed by atoms with Gasteiger partial charge in [0.2, 0.25) is 11.9 Å². The average molecular weight is 578 g/mol. The van der Waals surface area contributed by atoms with Crippen molar-refractivity contribution in [3.05, 3.63) is 30.0 Å². The maximum absolute atomic E-state index is 13.2. The minimum absolute atomic E-state index is 0.0816. The molecule has 1 saturated heterocycles. The molecule has 2 aliphatic carbocycles. The van der Waals surface area contributed by atoms with E-state index in [0.717, 1.165) is 57.4 Å². The Kier molecular flexibility index (Phi) is 7.74. The molecule has 2 aromatic rings. The molecule has 226 valence electrons. The number of hydroxylamine groups is 1. The number of nitrogens with zero attached hydrogens (tertiary/aromatic N) is 5. The lowest BCUT2D eigenvalue weighted by Crippen LogP contribution is -2.55. The van der Waals surface area contributed by atoms with Gasteiger partial charge in [-0.05, 0) is 76.1 Å². The molecule has 42 heavy (non-hydrogen) atoms. The lowest BCUT2D eigenvalue weighted by molar-refractivity contribution is -0.120. The smallest absolute Gasteiger partial charge is 0.274 e. The molecular weight excluding hydrogens is 534 g/mol. The number of hydrogen-bond acceptors (Lipinski definition) is 9. The van der Waals surface area contributed by atoms with Crippen LogP contribution in [0.5, 0.6) is 5.75 Å². The topological polar surface area (TPSA) is 112 Å². The number of rotatable bonds is 8. The Bertz CT molecular complexity index is 1330. The second kappa shape index (κ2) is 11.3. The number of likely N-dealkylation sites (tertiary alicyclic amines) is 1. The molecule has 1 aromatic carbocycles. The molecule has 2 aliphatic heterocycles. The van der Waals surface area contributed by atoms with E-state index >= 15 is 0 Å². The Morgan fingerprint density at radius 3 is 2.52 bits per heavy atom. The summed E-state index contributed by atoms with van der Waals surface area (Å²) in [4.78, 5) is 47.9. The van der Waals surface area contributed by atoms with Gasteiger partial charge in [-0.2, -0.15) is 4.98 Å². The van der Waals surface area contributed by atoms with Crippen molar-refractivity contribution in [1.29, 1.82) is 0 Å². The minimum atomic E-state index is -0.358. The van der Waals surface area contributed by atoms with Crippen LogP contribution < -0.4 is 25.3 Å². The zero-order valence-electron chi connectivity index (χ0n) is 25.4. The first kappa shape index (κ1) is 28.7. The van der Waals surface area contributed by atoms with E-state index in [0.29, 0.717) is 46.9 Å². The Morgan fingerprint density at radius 2 is 1.86 bits per heavy atom. The van der Waals surface area contributed by atoms with Gasteiger partial charge >= 0.3 is 0 Å². The number of ether oxygens (including phenoxy) is 1. The van der Waals surface area contributed by atoms with Crippen LogP contribution in [-0.4, -0.2) is 78.7 Å². The van der Waals surface area contributed by atoms with Gasteiger partial charge in [-0.1, -0.05) is 19.8 Å². The van der Waals surface area contributed by atoms with Gasteiger partial charge in [0.1, 0.15) is 17.5 Å². The highest BCUT2D eigenvalue weighted by molar-refractivity contribution is 6.04. The van der Waals surface area contributed by atoms with Crippen LogP contribution in [0.25, 0.3) is 0 Å². The van der Waals surface area contributed by atoms with Crippen molar-refractivity contribution in [3.63, 3.8) is 0 Å². The highest BCUT2D eigenvalue weighted by Crippen LogP contribution is 2.45. The third-order valence-corrected chi connectivity index (χ3v) is 9.66. The van der Waals surface area contributed by atoms with Gasteiger partial charge in [-0.15, -0.1) is 0 Å². The third kappa shape index (κ3) is 5.28. The van der Waals surface area contributed by atoms with E-state index < -0.39 is 0 Å². The second-order valence-corrected chi connectivity index (χ2v) is 12.7. The number of benzene rings is 1. The molecule has 0 spiro atoms. The summed E-state index contributed by atoms with van der Waals surface area (Å²) >= 11 is 0. The molecule has 6 rings (SSSR count). The molecular formula is C31H43N7O4. The molecule has 2 saturated carbocycles. The standard InChI is InChI=1S/C31H43N7O4/c1-6-24-29(40)37(4)25-16-32-30(34-27(25)38(24)22-9-7-8-10-22)33-23-12-11-19(13-26(23)41-5)28(39)35-42-31(2)14-20-17-36(3)18-21(20)15-31/h11-13,16,20-22,24H,6-10,14-15,17-18H2,1-5H3,(H,35,39)(H,32,33,34)/t20-,21+,24-,31-/m1/s1. The highest BCUT2D eigenvalue weighted by atomic mass is 16.7.